The van der Waals surface area contributed by atoms with Crippen LogP contribution >= 0.6 is 23.8 Å². The van der Waals surface area contributed by atoms with Crippen LogP contribution < -0.4 is 15.5 Å². The molecule has 8 heteroatoms. The molecule has 0 saturated carbocycles. The van der Waals surface area contributed by atoms with E-state index in [0.29, 0.717) is 22.8 Å². The Bertz CT molecular complexity index is 532. The van der Waals surface area contributed by atoms with Crippen LogP contribution in [-0.2, 0) is 4.74 Å². The van der Waals surface area contributed by atoms with Crippen LogP contribution in [0.1, 0.15) is 25.7 Å². The third kappa shape index (κ3) is 4.18. The maximum Gasteiger partial charge on any atom is 0.232 e. The molecule has 2 fully saturated rings. The van der Waals surface area contributed by atoms with Crippen molar-refractivity contribution in [3.8, 4) is 0 Å². The molecule has 3 rings (SSSR count). The molecule has 1 aromatic rings. The monoisotopic (exact) mass is 341 g/mol. The van der Waals surface area contributed by atoms with Gasteiger partial charge in [0.1, 0.15) is 11.0 Å². The summed E-state index contributed by atoms with van der Waals surface area (Å²) in [6.45, 7) is 3.55. The van der Waals surface area contributed by atoms with Crippen molar-refractivity contribution in [2.24, 2.45) is 0 Å². The van der Waals surface area contributed by atoms with E-state index < -0.39 is 0 Å². The Hall–Kier alpha value is -1.18. The van der Waals surface area contributed by atoms with Crippen LogP contribution in [0.15, 0.2) is 6.07 Å². The molecule has 1 aromatic heterocycles. The lowest BCUT2D eigenvalue weighted by atomic mass is 10.2. The van der Waals surface area contributed by atoms with Gasteiger partial charge in [0.15, 0.2) is 5.11 Å². The van der Waals surface area contributed by atoms with Gasteiger partial charge in [-0.1, -0.05) is 11.6 Å². The zero-order valence-electron chi connectivity index (χ0n) is 12.3. The number of hydrogen-bond donors (Lipinski definition) is 2. The first kappa shape index (κ1) is 15.7. The molecular formula is C14H20ClN5OS. The molecule has 2 aliphatic heterocycles. The predicted octanol–water partition coefficient (Wildman–Crippen LogP) is 2.20. The Morgan fingerprint density at radius 2 is 2.18 bits per heavy atom. The van der Waals surface area contributed by atoms with Crippen molar-refractivity contribution in [2.45, 2.75) is 31.8 Å². The van der Waals surface area contributed by atoms with Crippen LogP contribution in [0, 0.1) is 0 Å². The summed E-state index contributed by atoms with van der Waals surface area (Å²) >= 11 is 11.4. The van der Waals surface area contributed by atoms with Gasteiger partial charge in [-0.3, -0.25) is 0 Å². The van der Waals surface area contributed by atoms with Crippen LogP contribution in [0.3, 0.4) is 0 Å². The highest BCUT2D eigenvalue weighted by Crippen LogP contribution is 2.22. The fourth-order valence-electron chi connectivity index (χ4n) is 2.73. The lowest BCUT2D eigenvalue weighted by Crippen LogP contribution is -2.35. The second kappa shape index (κ2) is 7.39. The summed E-state index contributed by atoms with van der Waals surface area (Å²) < 4.78 is 5.55. The Morgan fingerprint density at radius 1 is 1.36 bits per heavy atom. The number of ether oxygens (including phenoxy) is 1. The van der Waals surface area contributed by atoms with Gasteiger partial charge >= 0.3 is 0 Å². The molecule has 6 nitrogen and oxygen atoms in total. The molecule has 0 bridgehead atoms. The van der Waals surface area contributed by atoms with E-state index >= 15 is 0 Å². The quantitative estimate of drug-likeness (QED) is 0.643. The Morgan fingerprint density at radius 3 is 2.91 bits per heavy atom. The van der Waals surface area contributed by atoms with E-state index in [0.717, 1.165) is 38.4 Å². The number of hydrogen-bond acceptors (Lipinski definition) is 5. The summed E-state index contributed by atoms with van der Waals surface area (Å²) in [6.07, 6.45) is 4.79. The van der Waals surface area contributed by atoms with Crippen molar-refractivity contribution in [2.75, 3.05) is 36.5 Å². The molecule has 2 N–H and O–H groups in total. The summed E-state index contributed by atoms with van der Waals surface area (Å²) in [5, 5.41) is 7.05. The summed E-state index contributed by atoms with van der Waals surface area (Å²) in [5.74, 6) is 1.28. The van der Waals surface area contributed by atoms with Crippen LogP contribution in [0.2, 0.25) is 5.15 Å². The molecule has 0 amide bonds. The van der Waals surface area contributed by atoms with Crippen molar-refractivity contribution in [3.63, 3.8) is 0 Å². The van der Waals surface area contributed by atoms with Gasteiger partial charge in [0.25, 0.3) is 0 Å². The molecule has 2 aliphatic rings. The molecule has 120 valence electrons. The molecule has 2 saturated heterocycles. The lowest BCUT2D eigenvalue weighted by Gasteiger charge is -2.18. The van der Waals surface area contributed by atoms with Crippen LogP contribution in [0.4, 0.5) is 11.8 Å². The zero-order chi connectivity index (χ0) is 15.4. The Balaban J connectivity index is 1.57. The van der Waals surface area contributed by atoms with E-state index in [1.807, 2.05) is 0 Å². The first-order valence-electron chi connectivity index (χ1n) is 7.67. The van der Waals surface area contributed by atoms with Crippen LogP contribution in [0.5, 0.6) is 0 Å². The molecule has 0 radical (unpaired) electrons. The van der Waals surface area contributed by atoms with Gasteiger partial charge in [0.2, 0.25) is 5.95 Å². The molecule has 0 aromatic carbocycles. The van der Waals surface area contributed by atoms with Gasteiger partial charge < -0.3 is 20.3 Å². The minimum absolute atomic E-state index is 0.236. The van der Waals surface area contributed by atoms with Crippen LogP contribution in [0.25, 0.3) is 0 Å². The topological polar surface area (TPSA) is 62.3 Å². The number of nitrogens with one attached hydrogen (secondary N) is 2. The number of nitrogens with zero attached hydrogens (tertiary/aromatic N) is 3. The van der Waals surface area contributed by atoms with Crippen LogP contribution in [-0.4, -0.2) is 47.4 Å². The minimum atomic E-state index is 0.236. The van der Waals surface area contributed by atoms with Crippen molar-refractivity contribution >= 4 is 40.7 Å². The van der Waals surface area contributed by atoms with E-state index in [2.05, 4.69) is 25.5 Å². The Labute approximate surface area is 140 Å². The highest BCUT2D eigenvalue weighted by molar-refractivity contribution is 7.80. The average Bonchev–Trinajstić information content (AvgIpc) is 3.18. The fraction of sp³-hybridized carbons (Fsp3) is 0.643. The minimum Gasteiger partial charge on any atom is -0.376 e. The van der Waals surface area contributed by atoms with Gasteiger partial charge in [0, 0.05) is 32.3 Å². The first-order valence-corrected chi connectivity index (χ1v) is 8.45. The normalized spacial score (nSPS) is 21.1. The SMILES string of the molecule is S=C(NCC1CCCO1)Nc1nc(Cl)cc(N2CCCC2)n1. The third-order valence-electron chi connectivity index (χ3n) is 3.85. The maximum atomic E-state index is 6.09. The highest BCUT2D eigenvalue weighted by atomic mass is 35.5. The average molecular weight is 342 g/mol. The lowest BCUT2D eigenvalue weighted by molar-refractivity contribution is 0.114. The maximum absolute atomic E-state index is 6.09. The van der Waals surface area contributed by atoms with E-state index in [1.165, 1.54) is 12.8 Å². The molecule has 22 heavy (non-hydrogen) atoms. The molecular weight excluding hydrogens is 322 g/mol. The van der Waals surface area contributed by atoms with E-state index in [-0.39, 0.29) is 6.10 Å². The number of rotatable bonds is 4. The highest BCUT2D eigenvalue weighted by Gasteiger charge is 2.17. The van der Waals surface area contributed by atoms with Gasteiger partial charge in [-0.15, -0.1) is 0 Å². The molecule has 1 unspecified atom stereocenters. The molecule has 0 aliphatic carbocycles. The van der Waals surface area contributed by atoms with Crippen molar-refractivity contribution < 1.29 is 4.74 Å². The van der Waals surface area contributed by atoms with E-state index in [9.17, 15) is 0 Å². The Kier molecular flexibility index (Phi) is 5.28. The van der Waals surface area contributed by atoms with Crippen molar-refractivity contribution in [1.82, 2.24) is 15.3 Å². The zero-order valence-corrected chi connectivity index (χ0v) is 13.9. The van der Waals surface area contributed by atoms with E-state index in [1.54, 1.807) is 6.07 Å². The second-order valence-electron chi connectivity index (χ2n) is 5.54. The van der Waals surface area contributed by atoms with Crippen molar-refractivity contribution in [1.29, 1.82) is 0 Å². The molecule has 1 atom stereocenters. The standard InChI is InChI=1S/C14H20ClN5OS/c15-11-8-12(20-5-1-2-6-20)18-13(17-11)19-14(22)16-9-10-4-3-7-21-10/h8,10H,1-7,9H2,(H2,16,17,18,19,22). The number of thiocarbonyl (C=S) groups is 1. The van der Waals surface area contributed by atoms with Crippen molar-refractivity contribution in [3.05, 3.63) is 11.2 Å². The van der Waals surface area contributed by atoms with Gasteiger partial charge in [0.05, 0.1) is 6.10 Å². The second-order valence-corrected chi connectivity index (χ2v) is 6.33. The summed E-state index contributed by atoms with van der Waals surface area (Å²) in [7, 11) is 0. The summed E-state index contributed by atoms with van der Waals surface area (Å²) in [6, 6.07) is 1.79. The largest absolute Gasteiger partial charge is 0.376 e. The van der Waals surface area contributed by atoms with E-state index in [4.69, 9.17) is 28.6 Å². The summed E-state index contributed by atoms with van der Waals surface area (Å²) in [4.78, 5) is 10.9. The van der Waals surface area contributed by atoms with Gasteiger partial charge in [-0.2, -0.15) is 4.98 Å². The molecule has 0 spiro atoms. The first-order chi connectivity index (χ1) is 10.7. The smallest absolute Gasteiger partial charge is 0.232 e. The number of halogens is 1. The summed E-state index contributed by atoms with van der Waals surface area (Å²) in [5.41, 5.74) is 0. The fourth-order valence-corrected chi connectivity index (χ4v) is 3.08. The number of anilines is 2. The number of aromatic nitrogens is 2. The third-order valence-corrected chi connectivity index (χ3v) is 4.29. The predicted molar refractivity (Wildman–Crippen MR) is 91.7 cm³/mol. The molecule has 3 heterocycles. The van der Waals surface area contributed by atoms with Gasteiger partial charge in [-0.25, -0.2) is 4.98 Å². The van der Waals surface area contributed by atoms with Gasteiger partial charge in [-0.05, 0) is 37.9 Å².